The van der Waals surface area contributed by atoms with Crippen molar-refractivity contribution in [2.45, 2.75) is 25.3 Å². The number of benzene rings is 2. The largest absolute Gasteiger partial charge is 0.492 e. The number of rotatable bonds is 3. The molecular formula is C21H23FN2O2. The second-order valence-electron chi connectivity index (χ2n) is 7.07. The van der Waals surface area contributed by atoms with Gasteiger partial charge in [-0.1, -0.05) is 18.2 Å². The standard InChI is InChI=1S/C21H23FN2O2/c22-17-5-7-19(8-6-17)24-11-9-18(10-12-24)23-21(25)16-13-15-3-1-2-4-20(15)26-14-16/h1-8,16,18H,9-14H2,(H,23,25). The van der Waals surface area contributed by atoms with Gasteiger partial charge in [0.15, 0.2) is 0 Å². The Labute approximate surface area is 153 Å². The lowest BCUT2D eigenvalue weighted by Crippen LogP contribution is -2.48. The van der Waals surface area contributed by atoms with E-state index in [2.05, 4.69) is 10.2 Å². The summed E-state index contributed by atoms with van der Waals surface area (Å²) in [6.07, 6.45) is 2.52. The monoisotopic (exact) mass is 354 g/mol. The molecule has 2 aliphatic rings. The molecule has 1 N–H and O–H groups in total. The normalized spacial score (nSPS) is 20.2. The number of halogens is 1. The number of hydrogen-bond acceptors (Lipinski definition) is 3. The van der Waals surface area contributed by atoms with Gasteiger partial charge >= 0.3 is 0 Å². The number of anilines is 1. The third kappa shape index (κ3) is 3.66. The summed E-state index contributed by atoms with van der Waals surface area (Å²) in [5.41, 5.74) is 2.14. The molecule has 1 atom stereocenters. The van der Waals surface area contributed by atoms with E-state index in [1.54, 1.807) is 0 Å². The number of amides is 1. The van der Waals surface area contributed by atoms with Crippen molar-refractivity contribution in [3.63, 3.8) is 0 Å². The number of ether oxygens (including phenoxy) is 1. The lowest BCUT2D eigenvalue weighted by Gasteiger charge is -2.35. The summed E-state index contributed by atoms with van der Waals surface area (Å²) in [4.78, 5) is 14.9. The van der Waals surface area contributed by atoms with Gasteiger partial charge < -0.3 is 15.0 Å². The van der Waals surface area contributed by atoms with Crippen molar-refractivity contribution in [3.05, 3.63) is 59.9 Å². The van der Waals surface area contributed by atoms with Crippen molar-refractivity contribution in [2.24, 2.45) is 5.92 Å². The van der Waals surface area contributed by atoms with Crippen molar-refractivity contribution >= 4 is 11.6 Å². The number of nitrogens with one attached hydrogen (secondary N) is 1. The van der Waals surface area contributed by atoms with Gasteiger partial charge in [0, 0.05) is 24.8 Å². The summed E-state index contributed by atoms with van der Waals surface area (Å²) in [6.45, 7) is 2.17. The summed E-state index contributed by atoms with van der Waals surface area (Å²) in [5, 5.41) is 3.19. The summed E-state index contributed by atoms with van der Waals surface area (Å²) in [5.74, 6) is 0.635. The van der Waals surface area contributed by atoms with E-state index in [0.29, 0.717) is 6.61 Å². The Morgan fingerprint density at radius 2 is 1.81 bits per heavy atom. The summed E-state index contributed by atoms with van der Waals surface area (Å²) in [6, 6.07) is 14.7. The summed E-state index contributed by atoms with van der Waals surface area (Å²) in [7, 11) is 0. The molecule has 1 fully saturated rings. The van der Waals surface area contributed by atoms with Crippen LogP contribution in [0.1, 0.15) is 18.4 Å². The molecule has 2 heterocycles. The Bertz CT molecular complexity index is 770. The zero-order valence-corrected chi connectivity index (χ0v) is 14.7. The van der Waals surface area contributed by atoms with E-state index in [-0.39, 0.29) is 23.7 Å². The number of hydrogen-bond donors (Lipinski definition) is 1. The molecule has 1 saturated heterocycles. The zero-order chi connectivity index (χ0) is 17.9. The smallest absolute Gasteiger partial charge is 0.227 e. The van der Waals surface area contributed by atoms with Crippen LogP contribution >= 0.6 is 0 Å². The molecule has 4 rings (SSSR count). The molecule has 0 radical (unpaired) electrons. The third-order valence-electron chi connectivity index (χ3n) is 5.28. The number of fused-ring (bicyclic) bond motifs is 1. The average molecular weight is 354 g/mol. The molecule has 1 unspecified atom stereocenters. The zero-order valence-electron chi connectivity index (χ0n) is 14.7. The molecule has 2 aliphatic heterocycles. The maximum Gasteiger partial charge on any atom is 0.227 e. The number of carbonyl (C=O) groups excluding carboxylic acids is 1. The fourth-order valence-corrected chi connectivity index (χ4v) is 3.75. The molecule has 0 aliphatic carbocycles. The molecule has 5 heteroatoms. The quantitative estimate of drug-likeness (QED) is 0.921. The van der Waals surface area contributed by atoms with Crippen LogP contribution in [-0.4, -0.2) is 31.6 Å². The van der Waals surface area contributed by atoms with Gasteiger partial charge in [-0.05, 0) is 55.2 Å². The first kappa shape index (κ1) is 16.9. The second-order valence-corrected chi connectivity index (χ2v) is 7.07. The molecule has 4 nitrogen and oxygen atoms in total. The van der Waals surface area contributed by atoms with Gasteiger partial charge in [0.1, 0.15) is 18.2 Å². The van der Waals surface area contributed by atoms with Gasteiger partial charge in [0.2, 0.25) is 5.91 Å². The highest BCUT2D eigenvalue weighted by Crippen LogP contribution is 2.27. The molecule has 2 aromatic rings. The Morgan fingerprint density at radius 3 is 2.58 bits per heavy atom. The Kier molecular flexibility index (Phi) is 4.78. The van der Waals surface area contributed by atoms with E-state index in [0.717, 1.165) is 49.4 Å². The molecule has 0 saturated carbocycles. The van der Waals surface area contributed by atoms with Crippen LogP contribution in [0.5, 0.6) is 5.75 Å². The van der Waals surface area contributed by atoms with Crippen molar-refractivity contribution in [1.29, 1.82) is 0 Å². The van der Waals surface area contributed by atoms with Crippen molar-refractivity contribution in [3.8, 4) is 5.75 Å². The Morgan fingerprint density at radius 1 is 1.08 bits per heavy atom. The first-order valence-electron chi connectivity index (χ1n) is 9.20. The third-order valence-corrected chi connectivity index (χ3v) is 5.28. The fraction of sp³-hybridized carbons (Fsp3) is 0.381. The highest BCUT2D eigenvalue weighted by atomic mass is 19.1. The number of nitrogens with zero attached hydrogens (tertiary/aromatic N) is 1. The molecular weight excluding hydrogens is 331 g/mol. The van der Waals surface area contributed by atoms with E-state index in [4.69, 9.17) is 4.74 Å². The van der Waals surface area contributed by atoms with Crippen LogP contribution in [0.15, 0.2) is 48.5 Å². The van der Waals surface area contributed by atoms with Gasteiger partial charge in [0.05, 0.1) is 5.92 Å². The maximum absolute atomic E-state index is 13.1. The number of para-hydroxylation sites is 1. The van der Waals surface area contributed by atoms with E-state index >= 15 is 0 Å². The summed E-state index contributed by atoms with van der Waals surface area (Å²) < 4.78 is 18.8. The van der Waals surface area contributed by atoms with Crippen LogP contribution in [0, 0.1) is 11.7 Å². The molecule has 26 heavy (non-hydrogen) atoms. The van der Waals surface area contributed by atoms with Crippen LogP contribution in [0.3, 0.4) is 0 Å². The SMILES string of the molecule is O=C(NC1CCN(c2ccc(F)cc2)CC1)C1COc2ccccc2C1. The first-order chi connectivity index (χ1) is 12.7. The van der Waals surface area contributed by atoms with Crippen LogP contribution in [0.4, 0.5) is 10.1 Å². The fourth-order valence-electron chi connectivity index (χ4n) is 3.75. The van der Waals surface area contributed by atoms with Crippen LogP contribution in [-0.2, 0) is 11.2 Å². The van der Waals surface area contributed by atoms with Crippen LogP contribution in [0.2, 0.25) is 0 Å². The minimum atomic E-state index is -0.216. The van der Waals surface area contributed by atoms with Gasteiger partial charge in [0.25, 0.3) is 0 Å². The van der Waals surface area contributed by atoms with E-state index < -0.39 is 0 Å². The van der Waals surface area contributed by atoms with Gasteiger partial charge in [-0.25, -0.2) is 4.39 Å². The predicted octanol–water partition coefficient (Wildman–Crippen LogP) is 3.16. The molecule has 2 aromatic carbocycles. The molecule has 136 valence electrons. The molecule has 0 aromatic heterocycles. The molecule has 0 bridgehead atoms. The van der Waals surface area contributed by atoms with Crippen LogP contribution in [0.25, 0.3) is 0 Å². The highest BCUT2D eigenvalue weighted by molar-refractivity contribution is 5.80. The summed E-state index contributed by atoms with van der Waals surface area (Å²) >= 11 is 0. The molecule has 0 spiro atoms. The lowest BCUT2D eigenvalue weighted by molar-refractivity contribution is -0.127. The minimum absolute atomic E-state index is 0.0831. The topological polar surface area (TPSA) is 41.6 Å². The Hall–Kier alpha value is -2.56. The predicted molar refractivity (Wildman–Crippen MR) is 98.9 cm³/mol. The Balaban J connectivity index is 1.29. The maximum atomic E-state index is 13.1. The number of piperidine rings is 1. The first-order valence-corrected chi connectivity index (χ1v) is 9.20. The molecule has 1 amide bonds. The van der Waals surface area contributed by atoms with Crippen molar-refractivity contribution in [2.75, 3.05) is 24.6 Å². The minimum Gasteiger partial charge on any atom is -0.492 e. The second kappa shape index (κ2) is 7.36. The van der Waals surface area contributed by atoms with E-state index in [1.807, 2.05) is 36.4 Å². The number of carbonyl (C=O) groups is 1. The van der Waals surface area contributed by atoms with Crippen molar-refractivity contribution in [1.82, 2.24) is 5.32 Å². The van der Waals surface area contributed by atoms with Crippen LogP contribution < -0.4 is 15.0 Å². The van der Waals surface area contributed by atoms with E-state index in [1.165, 1.54) is 12.1 Å². The van der Waals surface area contributed by atoms with Gasteiger partial charge in [-0.15, -0.1) is 0 Å². The van der Waals surface area contributed by atoms with Gasteiger partial charge in [-0.3, -0.25) is 4.79 Å². The lowest BCUT2D eigenvalue weighted by atomic mass is 9.95. The van der Waals surface area contributed by atoms with E-state index in [9.17, 15) is 9.18 Å². The van der Waals surface area contributed by atoms with Crippen molar-refractivity contribution < 1.29 is 13.9 Å². The highest BCUT2D eigenvalue weighted by Gasteiger charge is 2.28. The average Bonchev–Trinajstić information content (AvgIpc) is 2.69. The van der Waals surface area contributed by atoms with Gasteiger partial charge in [-0.2, -0.15) is 0 Å².